The quantitative estimate of drug-likeness (QED) is 0.818. The maximum atomic E-state index is 13.7. The zero-order chi connectivity index (χ0) is 13.1. The van der Waals surface area contributed by atoms with E-state index in [-0.39, 0.29) is 5.82 Å². The number of nitrogen functional groups attached to an aromatic ring is 1. The summed E-state index contributed by atoms with van der Waals surface area (Å²) in [7, 11) is 2.01. The van der Waals surface area contributed by atoms with Crippen molar-refractivity contribution in [1.29, 1.82) is 0 Å². The molecule has 1 aliphatic rings. The van der Waals surface area contributed by atoms with Crippen molar-refractivity contribution < 1.29 is 9.13 Å². The Morgan fingerprint density at radius 2 is 2.17 bits per heavy atom. The van der Waals surface area contributed by atoms with E-state index in [0.29, 0.717) is 24.1 Å². The highest BCUT2D eigenvalue weighted by atomic mass is 19.1. The summed E-state index contributed by atoms with van der Waals surface area (Å²) in [6.45, 7) is 2.52. The molecule has 100 valence electrons. The summed E-state index contributed by atoms with van der Waals surface area (Å²) in [6.07, 6.45) is 4.48. The molecule has 4 heteroatoms. The highest BCUT2D eigenvalue weighted by Gasteiger charge is 2.24. The molecule has 1 aromatic carbocycles. The normalized spacial score (nSPS) is 15.3. The van der Waals surface area contributed by atoms with Gasteiger partial charge in [0.15, 0.2) is 11.6 Å². The van der Waals surface area contributed by atoms with Crippen molar-refractivity contribution in [2.75, 3.05) is 24.3 Å². The number of hydrogen-bond acceptors (Lipinski definition) is 3. The molecule has 2 N–H and O–H groups in total. The summed E-state index contributed by atoms with van der Waals surface area (Å²) >= 11 is 0. The van der Waals surface area contributed by atoms with Crippen molar-refractivity contribution in [1.82, 2.24) is 0 Å². The molecule has 0 bridgehead atoms. The molecule has 3 nitrogen and oxygen atoms in total. The Hall–Kier alpha value is -1.45. The Kier molecular flexibility index (Phi) is 3.94. The van der Waals surface area contributed by atoms with E-state index in [4.69, 9.17) is 10.5 Å². The molecule has 1 aromatic rings. The zero-order valence-electron chi connectivity index (χ0n) is 11.1. The average Bonchev–Trinajstić information content (AvgIpc) is 2.25. The van der Waals surface area contributed by atoms with E-state index in [2.05, 4.69) is 4.90 Å². The molecule has 0 atom stereocenters. The van der Waals surface area contributed by atoms with Gasteiger partial charge in [0.05, 0.1) is 18.0 Å². The summed E-state index contributed by atoms with van der Waals surface area (Å²) < 4.78 is 19.1. The minimum absolute atomic E-state index is 0.298. The molecule has 0 amide bonds. The number of nitrogens with two attached hydrogens (primary N) is 1. The van der Waals surface area contributed by atoms with Crippen LogP contribution < -0.4 is 15.4 Å². The van der Waals surface area contributed by atoms with Gasteiger partial charge in [0.1, 0.15) is 0 Å². The second-order valence-electron chi connectivity index (χ2n) is 4.89. The van der Waals surface area contributed by atoms with Gasteiger partial charge in [-0.3, -0.25) is 0 Å². The molecule has 0 spiro atoms. The molecule has 18 heavy (non-hydrogen) atoms. The summed E-state index contributed by atoms with van der Waals surface area (Å²) in [6, 6.07) is 3.60. The maximum absolute atomic E-state index is 13.7. The minimum Gasteiger partial charge on any atom is -0.490 e. The van der Waals surface area contributed by atoms with Gasteiger partial charge in [0, 0.05) is 25.2 Å². The van der Waals surface area contributed by atoms with Gasteiger partial charge < -0.3 is 15.4 Å². The fraction of sp³-hybridized carbons (Fsp3) is 0.571. The number of halogens is 1. The maximum Gasteiger partial charge on any atom is 0.167 e. The highest BCUT2D eigenvalue weighted by Crippen LogP contribution is 2.35. The Morgan fingerprint density at radius 1 is 1.44 bits per heavy atom. The van der Waals surface area contributed by atoms with Crippen LogP contribution in [-0.2, 0) is 0 Å². The largest absolute Gasteiger partial charge is 0.490 e. The van der Waals surface area contributed by atoms with Crippen molar-refractivity contribution in [2.45, 2.75) is 38.6 Å². The van der Waals surface area contributed by atoms with Crippen LogP contribution in [-0.4, -0.2) is 19.7 Å². The summed E-state index contributed by atoms with van der Waals surface area (Å²) in [5.74, 6) is -0.0843. The van der Waals surface area contributed by atoms with Crippen LogP contribution in [0.4, 0.5) is 15.8 Å². The SMILES string of the molecule is CCCOc1cc(N(C)C2CCC2)c(N)cc1F. The standard InChI is InChI=1S/C14H21FN2O/c1-3-7-18-14-9-13(12(16)8-11(14)15)17(2)10-5-4-6-10/h8-10H,3-7,16H2,1-2H3. The van der Waals surface area contributed by atoms with Crippen LogP contribution in [0.1, 0.15) is 32.6 Å². The second-order valence-corrected chi connectivity index (χ2v) is 4.89. The molecular weight excluding hydrogens is 231 g/mol. The average molecular weight is 252 g/mol. The van der Waals surface area contributed by atoms with Gasteiger partial charge in [-0.15, -0.1) is 0 Å². The molecule has 2 rings (SSSR count). The van der Waals surface area contributed by atoms with E-state index < -0.39 is 0 Å². The lowest BCUT2D eigenvalue weighted by Gasteiger charge is -2.37. The molecular formula is C14H21FN2O. The lowest BCUT2D eigenvalue weighted by atomic mass is 9.91. The zero-order valence-corrected chi connectivity index (χ0v) is 11.1. The molecule has 0 aromatic heterocycles. The fourth-order valence-electron chi connectivity index (χ4n) is 2.16. The van der Waals surface area contributed by atoms with Gasteiger partial charge in [-0.05, 0) is 25.7 Å². The van der Waals surface area contributed by atoms with Crippen LogP contribution in [0.3, 0.4) is 0 Å². The number of rotatable bonds is 5. The first-order valence-electron chi connectivity index (χ1n) is 6.58. The van der Waals surface area contributed by atoms with Crippen LogP contribution in [0, 0.1) is 5.82 Å². The number of ether oxygens (including phenoxy) is 1. The van der Waals surface area contributed by atoms with Gasteiger partial charge in [0.2, 0.25) is 0 Å². The van der Waals surface area contributed by atoms with Crippen LogP contribution in [0.5, 0.6) is 5.75 Å². The third-order valence-corrected chi connectivity index (χ3v) is 3.55. The first kappa shape index (κ1) is 13.0. The molecule has 0 unspecified atom stereocenters. The molecule has 1 saturated carbocycles. The van der Waals surface area contributed by atoms with Gasteiger partial charge in [-0.25, -0.2) is 4.39 Å². The number of hydrogen-bond donors (Lipinski definition) is 1. The Labute approximate surface area is 108 Å². The first-order valence-corrected chi connectivity index (χ1v) is 6.58. The van der Waals surface area contributed by atoms with Crippen LogP contribution in [0.15, 0.2) is 12.1 Å². The van der Waals surface area contributed by atoms with E-state index >= 15 is 0 Å². The van der Waals surface area contributed by atoms with Crippen molar-refractivity contribution >= 4 is 11.4 Å². The van der Waals surface area contributed by atoms with Crippen LogP contribution in [0.2, 0.25) is 0 Å². The topological polar surface area (TPSA) is 38.5 Å². The minimum atomic E-state index is -0.383. The van der Waals surface area contributed by atoms with E-state index in [1.807, 2.05) is 14.0 Å². The number of benzene rings is 1. The summed E-state index contributed by atoms with van der Waals surface area (Å²) in [4.78, 5) is 2.14. The molecule has 1 aliphatic carbocycles. The highest BCUT2D eigenvalue weighted by molar-refractivity contribution is 5.70. The predicted octanol–water partition coefficient (Wildman–Crippen LogP) is 3.19. The third kappa shape index (κ3) is 2.52. The first-order chi connectivity index (χ1) is 8.63. The lowest BCUT2D eigenvalue weighted by molar-refractivity contribution is 0.301. The third-order valence-electron chi connectivity index (χ3n) is 3.55. The number of anilines is 2. The molecule has 0 aliphatic heterocycles. The predicted molar refractivity (Wildman–Crippen MR) is 72.6 cm³/mol. The van der Waals surface area contributed by atoms with Gasteiger partial charge in [-0.1, -0.05) is 6.92 Å². The Morgan fingerprint density at radius 3 is 2.72 bits per heavy atom. The monoisotopic (exact) mass is 252 g/mol. The second kappa shape index (κ2) is 5.46. The number of nitrogens with zero attached hydrogens (tertiary/aromatic N) is 1. The molecule has 0 saturated heterocycles. The van der Waals surface area contributed by atoms with Crippen LogP contribution >= 0.6 is 0 Å². The van der Waals surface area contributed by atoms with Crippen molar-refractivity contribution in [3.05, 3.63) is 17.9 Å². The Bertz CT molecular complexity index is 419. The van der Waals surface area contributed by atoms with E-state index in [0.717, 1.165) is 12.1 Å². The lowest BCUT2D eigenvalue weighted by Crippen LogP contribution is -2.37. The van der Waals surface area contributed by atoms with Crippen molar-refractivity contribution in [2.24, 2.45) is 0 Å². The smallest absolute Gasteiger partial charge is 0.167 e. The van der Waals surface area contributed by atoms with Gasteiger partial charge in [0.25, 0.3) is 0 Å². The summed E-state index contributed by atoms with van der Waals surface area (Å²) in [5.41, 5.74) is 7.24. The van der Waals surface area contributed by atoms with Gasteiger partial charge in [-0.2, -0.15) is 0 Å². The van der Waals surface area contributed by atoms with Crippen molar-refractivity contribution in [3.8, 4) is 5.75 Å². The fourth-order valence-corrected chi connectivity index (χ4v) is 2.16. The van der Waals surface area contributed by atoms with Crippen LogP contribution in [0.25, 0.3) is 0 Å². The van der Waals surface area contributed by atoms with Crippen molar-refractivity contribution in [3.63, 3.8) is 0 Å². The molecule has 0 radical (unpaired) electrons. The van der Waals surface area contributed by atoms with Gasteiger partial charge >= 0.3 is 0 Å². The molecule has 1 fully saturated rings. The summed E-state index contributed by atoms with van der Waals surface area (Å²) in [5, 5.41) is 0. The van der Waals surface area contributed by atoms with E-state index in [9.17, 15) is 4.39 Å². The molecule has 0 heterocycles. The van der Waals surface area contributed by atoms with E-state index in [1.165, 1.54) is 25.3 Å². The Balaban J connectivity index is 2.22. The van der Waals surface area contributed by atoms with E-state index in [1.54, 1.807) is 6.07 Å².